The zero-order chi connectivity index (χ0) is 22.3. The first-order valence-electron chi connectivity index (χ1n) is 9.86. The van der Waals surface area contributed by atoms with E-state index in [0.717, 1.165) is 24.8 Å². The zero-order valence-electron chi connectivity index (χ0n) is 17.5. The van der Waals surface area contributed by atoms with E-state index < -0.39 is 10.0 Å². The summed E-state index contributed by atoms with van der Waals surface area (Å²) in [6, 6.07) is 11.9. The van der Waals surface area contributed by atoms with E-state index in [4.69, 9.17) is 21.7 Å². The van der Waals surface area contributed by atoms with Crippen molar-refractivity contribution in [2.75, 3.05) is 32.6 Å². The normalized spacial score (nSPS) is 14.9. The molecular formula is C21H26N4O4S2. The smallest absolute Gasteiger partial charge is 0.243 e. The van der Waals surface area contributed by atoms with Crippen molar-refractivity contribution < 1.29 is 17.9 Å². The average molecular weight is 463 g/mol. The molecule has 0 aromatic heterocycles. The standard InChI is InChI=1S/C21H26N4O4S2/c1-28-18-8-11-20(29-2)16(14-18)15-22-24-21(30)23-17-6-9-19(10-7-17)31(26,27)25-12-4-3-5-13-25/h6-11,14-15H,3-5,12-13H2,1-2H3,(H2,23,24,30). The third-order valence-electron chi connectivity index (χ3n) is 4.87. The number of methoxy groups -OCH3 is 2. The van der Waals surface area contributed by atoms with Gasteiger partial charge in [-0.25, -0.2) is 8.42 Å². The van der Waals surface area contributed by atoms with Crippen LogP contribution in [0.2, 0.25) is 0 Å². The summed E-state index contributed by atoms with van der Waals surface area (Å²) in [5.74, 6) is 1.33. The summed E-state index contributed by atoms with van der Waals surface area (Å²) >= 11 is 5.25. The van der Waals surface area contributed by atoms with Gasteiger partial charge in [-0.05, 0) is 67.5 Å². The van der Waals surface area contributed by atoms with E-state index in [-0.39, 0.29) is 10.0 Å². The molecule has 0 unspecified atom stereocenters. The first kappa shape index (κ1) is 23.0. The quantitative estimate of drug-likeness (QED) is 0.371. The van der Waals surface area contributed by atoms with E-state index in [1.807, 2.05) is 0 Å². The molecule has 1 aliphatic rings. The first-order chi connectivity index (χ1) is 14.9. The third-order valence-corrected chi connectivity index (χ3v) is 6.98. The Morgan fingerprint density at radius 2 is 1.77 bits per heavy atom. The number of hydrazone groups is 1. The maximum Gasteiger partial charge on any atom is 0.243 e. The predicted molar refractivity (Wildman–Crippen MR) is 126 cm³/mol. The highest BCUT2D eigenvalue weighted by Gasteiger charge is 2.25. The highest BCUT2D eigenvalue weighted by atomic mass is 32.2. The summed E-state index contributed by atoms with van der Waals surface area (Å²) in [5, 5.41) is 7.37. The van der Waals surface area contributed by atoms with E-state index in [1.54, 1.807) is 67.2 Å². The van der Waals surface area contributed by atoms with Gasteiger partial charge in [0.1, 0.15) is 11.5 Å². The van der Waals surface area contributed by atoms with Crippen molar-refractivity contribution in [1.82, 2.24) is 9.73 Å². The van der Waals surface area contributed by atoms with Gasteiger partial charge in [0, 0.05) is 24.3 Å². The molecule has 2 aromatic rings. The Labute approximate surface area is 188 Å². The maximum atomic E-state index is 12.7. The lowest BCUT2D eigenvalue weighted by molar-refractivity contribution is 0.346. The molecule has 2 N–H and O–H groups in total. The minimum absolute atomic E-state index is 0.268. The van der Waals surface area contributed by atoms with Crippen LogP contribution in [-0.4, -0.2) is 51.4 Å². The minimum atomic E-state index is -3.45. The van der Waals surface area contributed by atoms with Crippen molar-refractivity contribution in [2.24, 2.45) is 5.10 Å². The van der Waals surface area contributed by atoms with Gasteiger partial charge in [0.2, 0.25) is 10.0 Å². The highest BCUT2D eigenvalue weighted by molar-refractivity contribution is 7.89. The Morgan fingerprint density at radius 3 is 2.42 bits per heavy atom. The number of hydrogen-bond acceptors (Lipinski definition) is 6. The molecule has 31 heavy (non-hydrogen) atoms. The Hall–Kier alpha value is -2.69. The zero-order valence-corrected chi connectivity index (χ0v) is 19.1. The van der Waals surface area contributed by atoms with Gasteiger partial charge in [-0.15, -0.1) is 0 Å². The molecular weight excluding hydrogens is 436 g/mol. The summed E-state index contributed by atoms with van der Waals surface area (Å²) in [4.78, 5) is 0.280. The Morgan fingerprint density at radius 1 is 1.06 bits per heavy atom. The number of ether oxygens (including phenoxy) is 2. The maximum absolute atomic E-state index is 12.7. The molecule has 0 amide bonds. The molecule has 2 aromatic carbocycles. The van der Waals surface area contributed by atoms with Gasteiger partial charge in [0.15, 0.2) is 5.11 Å². The summed E-state index contributed by atoms with van der Waals surface area (Å²) in [7, 11) is -0.289. The van der Waals surface area contributed by atoms with Gasteiger partial charge in [-0.3, -0.25) is 5.43 Å². The molecule has 0 bridgehead atoms. The van der Waals surface area contributed by atoms with Crippen LogP contribution in [0, 0.1) is 0 Å². The second-order valence-corrected chi connectivity index (χ2v) is 9.27. The van der Waals surface area contributed by atoms with E-state index in [1.165, 1.54) is 0 Å². The first-order valence-corrected chi connectivity index (χ1v) is 11.7. The van der Waals surface area contributed by atoms with Crippen molar-refractivity contribution in [3.63, 3.8) is 0 Å². The monoisotopic (exact) mass is 462 g/mol. The summed E-state index contributed by atoms with van der Waals surface area (Å²) in [6.45, 7) is 1.15. The Balaban J connectivity index is 1.59. The van der Waals surface area contributed by atoms with Crippen LogP contribution in [0.1, 0.15) is 24.8 Å². The van der Waals surface area contributed by atoms with Crippen molar-refractivity contribution in [2.45, 2.75) is 24.2 Å². The van der Waals surface area contributed by atoms with Crippen molar-refractivity contribution in [3.8, 4) is 11.5 Å². The predicted octanol–water partition coefficient (Wildman–Crippen LogP) is 3.20. The number of nitrogens with zero attached hydrogens (tertiary/aromatic N) is 2. The van der Waals surface area contributed by atoms with Crippen LogP contribution in [0.3, 0.4) is 0 Å². The fourth-order valence-corrected chi connectivity index (χ4v) is 4.91. The highest BCUT2D eigenvalue weighted by Crippen LogP contribution is 2.23. The van der Waals surface area contributed by atoms with E-state index in [2.05, 4.69) is 15.8 Å². The van der Waals surface area contributed by atoms with E-state index >= 15 is 0 Å². The molecule has 0 saturated carbocycles. The number of piperidine rings is 1. The molecule has 1 saturated heterocycles. The molecule has 0 spiro atoms. The molecule has 1 fully saturated rings. The molecule has 166 valence electrons. The van der Waals surface area contributed by atoms with Crippen LogP contribution in [0.4, 0.5) is 5.69 Å². The molecule has 1 aliphatic heterocycles. The number of nitrogens with one attached hydrogen (secondary N) is 2. The number of thiocarbonyl (C=S) groups is 1. The van der Waals surface area contributed by atoms with E-state index in [0.29, 0.717) is 30.3 Å². The van der Waals surface area contributed by atoms with Crippen LogP contribution >= 0.6 is 12.2 Å². The van der Waals surface area contributed by atoms with Crippen molar-refractivity contribution >= 4 is 39.3 Å². The summed E-state index contributed by atoms with van der Waals surface area (Å²) in [5.41, 5.74) is 4.11. The fraction of sp³-hybridized carbons (Fsp3) is 0.333. The van der Waals surface area contributed by atoms with Crippen molar-refractivity contribution in [3.05, 3.63) is 48.0 Å². The van der Waals surface area contributed by atoms with Crippen LogP contribution in [0.5, 0.6) is 11.5 Å². The molecule has 0 radical (unpaired) electrons. The van der Waals surface area contributed by atoms with Gasteiger partial charge in [-0.2, -0.15) is 9.41 Å². The van der Waals surface area contributed by atoms with Crippen LogP contribution in [0.25, 0.3) is 0 Å². The van der Waals surface area contributed by atoms with Crippen LogP contribution in [0.15, 0.2) is 52.5 Å². The van der Waals surface area contributed by atoms with Crippen molar-refractivity contribution in [1.29, 1.82) is 0 Å². The Kier molecular flexibility index (Phi) is 7.83. The second-order valence-electron chi connectivity index (χ2n) is 6.92. The number of sulfonamides is 1. The number of benzene rings is 2. The van der Waals surface area contributed by atoms with Gasteiger partial charge in [-0.1, -0.05) is 6.42 Å². The molecule has 8 nitrogen and oxygen atoms in total. The van der Waals surface area contributed by atoms with Gasteiger partial charge in [0.05, 0.1) is 25.3 Å². The molecule has 3 rings (SSSR count). The lowest BCUT2D eigenvalue weighted by atomic mass is 10.2. The lowest BCUT2D eigenvalue weighted by Crippen LogP contribution is -2.35. The molecule has 0 atom stereocenters. The van der Waals surface area contributed by atoms with Gasteiger partial charge >= 0.3 is 0 Å². The lowest BCUT2D eigenvalue weighted by Gasteiger charge is -2.25. The molecule has 1 heterocycles. The average Bonchev–Trinajstić information content (AvgIpc) is 2.80. The van der Waals surface area contributed by atoms with Crippen LogP contribution < -0.4 is 20.2 Å². The van der Waals surface area contributed by atoms with Crippen LogP contribution in [-0.2, 0) is 10.0 Å². The fourth-order valence-electron chi connectivity index (χ4n) is 3.22. The summed E-state index contributed by atoms with van der Waals surface area (Å²) < 4.78 is 37.5. The minimum Gasteiger partial charge on any atom is -0.497 e. The Bertz CT molecular complexity index is 1030. The summed E-state index contributed by atoms with van der Waals surface area (Å²) in [6.07, 6.45) is 4.46. The molecule has 10 heteroatoms. The number of anilines is 1. The topological polar surface area (TPSA) is 92.3 Å². The third kappa shape index (κ3) is 5.93. The van der Waals surface area contributed by atoms with E-state index in [9.17, 15) is 8.42 Å². The molecule has 0 aliphatic carbocycles. The largest absolute Gasteiger partial charge is 0.497 e. The number of hydrogen-bond donors (Lipinski definition) is 2. The van der Waals surface area contributed by atoms with Gasteiger partial charge < -0.3 is 14.8 Å². The second kappa shape index (κ2) is 10.6. The SMILES string of the molecule is COc1ccc(OC)c(C=NNC(=S)Nc2ccc(S(=O)(=O)N3CCCCC3)cc2)c1. The number of rotatable bonds is 7. The van der Waals surface area contributed by atoms with Gasteiger partial charge in [0.25, 0.3) is 0 Å².